The molecule has 22 heavy (non-hydrogen) atoms. The fourth-order valence-corrected chi connectivity index (χ4v) is 5.48. The Labute approximate surface area is 139 Å². The van der Waals surface area contributed by atoms with Crippen molar-refractivity contribution in [2.45, 2.75) is 37.4 Å². The van der Waals surface area contributed by atoms with Gasteiger partial charge >= 0.3 is 0 Å². The van der Waals surface area contributed by atoms with Crippen LogP contribution < -0.4 is 10.5 Å². The Kier molecular flexibility index (Phi) is 4.93. The highest BCUT2D eigenvalue weighted by atomic mass is 35.5. The van der Waals surface area contributed by atoms with E-state index >= 15 is 0 Å². The minimum absolute atomic E-state index is 0. The molecule has 3 unspecified atom stereocenters. The molecule has 1 heterocycles. The quantitative estimate of drug-likeness (QED) is 0.861. The molecule has 1 aliphatic heterocycles. The smallest absolute Gasteiger partial charge is 0.216 e. The van der Waals surface area contributed by atoms with Crippen LogP contribution in [0.25, 0.3) is 0 Å². The fraction of sp³-hybridized carbons (Fsp3) is 0.625. The second kappa shape index (κ2) is 6.11. The number of nitrogens with one attached hydrogen (secondary N) is 1. The maximum Gasteiger partial charge on any atom is 0.216 e. The Hall–Kier alpha value is -0.620. The zero-order valence-electron chi connectivity index (χ0n) is 13.1. The molecular formula is C16H25ClN2O2S. The summed E-state index contributed by atoms with van der Waals surface area (Å²) in [6, 6.07) is 8.11. The predicted octanol–water partition coefficient (Wildman–Crippen LogP) is 2.35. The zero-order valence-corrected chi connectivity index (χ0v) is 14.7. The van der Waals surface area contributed by atoms with Gasteiger partial charge in [-0.05, 0) is 48.9 Å². The Morgan fingerprint density at radius 1 is 1.32 bits per heavy atom. The molecule has 1 aliphatic carbocycles. The van der Waals surface area contributed by atoms with Crippen molar-refractivity contribution in [1.29, 1.82) is 0 Å². The maximum atomic E-state index is 11.8. The molecule has 3 N–H and O–H groups in total. The Morgan fingerprint density at radius 3 is 2.45 bits per heavy atom. The van der Waals surface area contributed by atoms with Crippen molar-refractivity contribution in [2.75, 3.05) is 13.1 Å². The number of piperidine rings is 1. The number of hydrogen-bond acceptors (Lipinski definition) is 3. The van der Waals surface area contributed by atoms with Crippen LogP contribution in [0.4, 0.5) is 0 Å². The van der Waals surface area contributed by atoms with Crippen LogP contribution in [-0.2, 0) is 15.4 Å². The van der Waals surface area contributed by atoms with Gasteiger partial charge < -0.3 is 5.32 Å². The lowest BCUT2D eigenvalue weighted by molar-refractivity contribution is 0.501. The third-order valence-corrected chi connectivity index (χ3v) is 6.98. The molecule has 0 aromatic heterocycles. The molecule has 2 fully saturated rings. The third kappa shape index (κ3) is 2.58. The predicted molar refractivity (Wildman–Crippen MR) is 91.6 cm³/mol. The molecule has 0 amide bonds. The van der Waals surface area contributed by atoms with E-state index in [1.165, 1.54) is 5.56 Å². The molecule has 1 saturated heterocycles. The van der Waals surface area contributed by atoms with Gasteiger partial charge in [0.15, 0.2) is 0 Å². The molecular weight excluding hydrogens is 320 g/mol. The largest absolute Gasteiger partial charge is 0.316 e. The number of rotatable bonds is 5. The Bertz CT molecular complexity index is 637. The van der Waals surface area contributed by atoms with E-state index in [2.05, 4.69) is 24.4 Å². The Morgan fingerprint density at radius 2 is 1.95 bits per heavy atom. The molecule has 6 heteroatoms. The highest BCUT2D eigenvalue weighted by Crippen LogP contribution is 2.63. The maximum absolute atomic E-state index is 11.8. The van der Waals surface area contributed by atoms with Crippen molar-refractivity contribution in [2.24, 2.45) is 17.0 Å². The van der Waals surface area contributed by atoms with E-state index in [9.17, 15) is 8.42 Å². The number of nitrogens with two attached hydrogens (primary N) is 1. The highest BCUT2D eigenvalue weighted by Gasteiger charge is 2.65. The van der Waals surface area contributed by atoms with Crippen LogP contribution in [0, 0.1) is 11.8 Å². The summed E-state index contributed by atoms with van der Waals surface area (Å²) in [6.07, 6.45) is 1.62. The van der Waals surface area contributed by atoms with E-state index in [-0.39, 0.29) is 17.8 Å². The first kappa shape index (κ1) is 17.7. The molecule has 4 nitrogen and oxygen atoms in total. The standard InChI is InChI=1S/C16H24N2O2S.ClH/c1-3-15(21(17,19)20)11-6-5-7-12(8-11)16(4-2)13-9-18-10-14(13)16;/h5-8,13-15,18H,3-4,9-10H2,1-2H3,(H2,17,19,20);1H. The number of fused-ring (bicyclic) bond motifs is 1. The molecule has 1 aromatic carbocycles. The van der Waals surface area contributed by atoms with E-state index in [1.807, 2.05) is 19.1 Å². The number of hydrogen-bond donors (Lipinski definition) is 2. The fourth-order valence-electron chi connectivity index (χ4n) is 4.49. The summed E-state index contributed by atoms with van der Waals surface area (Å²) in [4.78, 5) is 0. The van der Waals surface area contributed by atoms with Crippen LogP contribution in [0.5, 0.6) is 0 Å². The number of halogens is 1. The summed E-state index contributed by atoms with van der Waals surface area (Å²) in [5, 5.41) is 8.23. The van der Waals surface area contributed by atoms with Gasteiger partial charge in [0, 0.05) is 5.41 Å². The monoisotopic (exact) mass is 344 g/mol. The minimum Gasteiger partial charge on any atom is -0.316 e. The lowest BCUT2D eigenvalue weighted by Gasteiger charge is -2.22. The second-order valence-corrected chi connectivity index (χ2v) is 8.12. The molecule has 1 saturated carbocycles. The summed E-state index contributed by atoms with van der Waals surface area (Å²) in [7, 11) is -3.55. The third-order valence-electron chi connectivity index (χ3n) is 5.58. The van der Waals surface area contributed by atoms with Crippen molar-refractivity contribution >= 4 is 22.4 Å². The van der Waals surface area contributed by atoms with E-state index in [1.54, 1.807) is 0 Å². The van der Waals surface area contributed by atoms with Crippen LogP contribution in [0.3, 0.4) is 0 Å². The molecule has 0 bridgehead atoms. The van der Waals surface area contributed by atoms with Crippen LogP contribution >= 0.6 is 12.4 Å². The first-order chi connectivity index (χ1) is 9.95. The van der Waals surface area contributed by atoms with E-state index < -0.39 is 15.3 Å². The average molecular weight is 345 g/mol. The van der Waals surface area contributed by atoms with Gasteiger partial charge in [0.25, 0.3) is 0 Å². The van der Waals surface area contributed by atoms with Gasteiger partial charge in [0.2, 0.25) is 10.0 Å². The number of sulfonamides is 1. The average Bonchev–Trinajstić information content (AvgIpc) is 2.79. The minimum atomic E-state index is -3.55. The van der Waals surface area contributed by atoms with Crippen LogP contribution in [-0.4, -0.2) is 21.5 Å². The van der Waals surface area contributed by atoms with E-state index in [4.69, 9.17) is 5.14 Å². The number of benzene rings is 1. The molecule has 0 spiro atoms. The summed E-state index contributed by atoms with van der Waals surface area (Å²) in [5.74, 6) is 1.40. The van der Waals surface area contributed by atoms with Gasteiger partial charge in [0.1, 0.15) is 0 Å². The van der Waals surface area contributed by atoms with Crippen molar-refractivity contribution < 1.29 is 8.42 Å². The summed E-state index contributed by atoms with van der Waals surface area (Å²) in [6.45, 7) is 6.26. The molecule has 1 aromatic rings. The summed E-state index contributed by atoms with van der Waals surface area (Å²) >= 11 is 0. The van der Waals surface area contributed by atoms with Crippen LogP contribution in [0.1, 0.15) is 43.1 Å². The molecule has 124 valence electrons. The normalized spacial score (nSPS) is 31.2. The van der Waals surface area contributed by atoms with Crippen LogP contribution in [0.15, 0.2) is 24.3 Å². The molecule has 3 rings (SSSR count). The van der Waals surface area contributed by atoms with Gasteiger partial charge in [-0.15, -0.1) is 12.4 Å². The van der Waals surface area contributed by atoms with Gasteiger partial charge in [-0.3, -0.25) is 0 Å². The van der Waals surface area contributed by atoms with Crippen molar-refractivity contribution in [3.63, 3.8) is 0 Å². The molecule has 2 aliphatic rings. The van der Waals surface area contributed by atoms with Crippen molar-refractivity contribution in [3.8, 4) is 0 Å². The second-order valence-electron chi connectivity index (χ2n) is 6.38. The highest BCUT2D eigenvalue weighted by molar-refractivity contribution is 7.89. The van der Waals surface area contributed by atoms with Gasteiger partial charge in [-0.25, -0.2) is 13.6 Å². The van der Waals surface area contributed by atoms with Gasteiger partial charge in [-0.1, -0.05) is 38.1 Å². The van der Waals surface area contributed by atoms with Crippen LogP contribution in [0.2, 0.25) is 0 Å². The molecule has 0 radical (unpaired) electrons. The number of primary sulfonamides is 1. The summed E-state index contributed by atoms with van der Waals surface area (Å²) < 4.78 is 23.5. The van der Waals surface area contributed by atoms with E-state index in [0.29, 0.717) is 18.3 Å². The topological polar surface area (TPSA) is 72.2 Å². The van der Waals surface area contributed by atoms with Gasteiger partial charge in [0.05, 0.1) is 5.25 Å². The SMILES string of the molecule is CCC(c1cccc(C2(CC)C3CNCC32)c1)S(N)(=O)=O.Cl. The Balaban J connectivity index is 0.00000176. The van der Waals surface area contributed by atoms with E-state index in [0.717, 1.165) is 25.1 Å². The molecule has 3 atom stereocenters. The first-order valence-electron chi connectivity index (χ1n) is 7.78. The van der Waals surface area contributed by atoms with Crippen molar-refractivity contribution in [3.05, 3.63) is 35.4 Å². The van der Waals surface area contributed by atoms with Gasteiger partial charge in [-0.2, -0.15) is 0 Å². The lowest BCUT2D eigenvalue weighted by Crippen LogP contribution is -2.25. The zero-order chi connectivity index (χ0) is 15.3. The lowest BCUT2D eigenvalue weighted by atomic mass is 9.86. The van der Waals surface area contributed by atoms with Crippen molar-refractivity contribution in [1.82, 2.24) is 5.32 Å². The summed E-state index contributed by atoms with van der Waals surface area (Å²) in [5.41, 5.74) is 2.38. The first-order valence-corrected chi connectivity index (χ1v) is 9.38.